The second-order valence-electron chi connectivity index (χ2n) is 4.04. The number of likely N-dealkylation sites (tertiary alicyclic amines) is 1. The third-order valence-corrected chi connectivity index (χ3v) is 3.22. The molecule has 0 bridgehead atoms. The molecule has 1 aliphatic rings. The first kappa shape index (κ1) is 12.1. The van der Waals surface area contributed by atoms with E-state index in [2.05, 4.69) is 15.9 Å². The Balaban J connectivity index is 2.11. The van der Waals surface area contributed by atoms with Crippen molar-refractivity contribution in [2.24, 2.45) is 5.73 Å². The molecule has 7 heteroatoms. The summed E-state index contributed by atoms with van der Waals surface area (Å²) in [5.74, 6) is -1.26. The zero-order chi connectivity index (χ0) is 12.6. The molecule has 0 spiro atoms. The van der Waals surface area contributed by atoms with Crippen LogP contribution in [0.15, 0.2) is 21.2 Å². The third kappa shape index (κ3) is 2.20. The zero-order valence-corrected chi connectivity index (χ0v) is 10.4. The van der Waals surface area contributed by atoms with Gasteiger partial charge >= 0.3 is 5.97 Å². The fourth-order valence-electron chi connectivity index (χ4n) is 1.77. The number of nitrogens with two attached hydrogens (primary N) is 1. The predicted molar refractivity (Wildman–Crippen MR) is 61.5 cm³/mol. The molecule has 0 aliphatic carbocycles. The molecule has 92 valence electrons. The molecule has 0 radical (unpaired) electrons. The minimum atomic E-state index is -1.35. The fraction of sp³-hybridized carbons (Fsp3) is 0.400. The van der Waals surface area contributed by atoms with Crippen molar-refractivity contribution < 1.29 is 19.1 Å². The standard InChI is InChI=1S/C10H11BrN2O4/c11-7-2-1-6(17-7)8(14)13-4-3-10(12,5-13)9(15)16/h1-2H,3-5,12H2,(H,15,16). The number of carboxylic acids is 1. The minimum absolute atomic E-state index is 0.000510. The maximum atomic E-state index is 11.9. The van der Waals surface area contributed by atoms with Gasteiger partial charge in [0.1, 0.15) is 5.54 Å². The summed E-state index contributed by atoms with van der Waals surface area (Å²) >= 11 is 3.10. The van der Waals surface area contributed by atoms with Crippen LogP contribution in [-0.4, -0.2) is 40.5 Å². The molecule has 0 aromatic carbocycles. The quantitative estimate of drug-likeness (QED) is 0.837. The summed E-state index contributed by atoms with van der Waals surface area (Å²) in [5.41, 5.74) is 4.33. The lowest BCUT2D eigenvalue weighted by atomic mass is 10.0. The van der Waals surface area contributed by atoms with Gasteiger partial charge in [0.25, 0.3) is 5.91 Å². The number of carboxylic acid groups (broad SMARTS) is 1. The number of halogens is 1. The zero-order valence-electron chi connectivity index (χ0n) is 8.85. The SMILES string of the molecule is NC1(C(=O)O)CCN(C(=O)c2ccc(Br)o2)C1. The van der Waals surface area contributed by atoms with Gasteiger partial charge in [-0.25, -0.2) is 0 Å². The third-order valence-electron chi connectivity index (χ3n) is 2.80. The van der Waals surface area contributed by atoms with Crippen LogP contribution in [0, 0.1) is 0 Å². The van der Waals surface area contributed by atoms with Crippen molar-refractivity contribution in [2.75, 3.05) is 13.1 Å². The van der Waals surface area contributed by atoms with Gasteiger partial charge < -0.3 is 20.2 Å². The molecule has 1 saturated heterocycles. The molecule has 2 rings (SSSR count). The van der Waals surface area contributed by atoms with Crippen molar-refractivity contribution >= 4 is 27.8 Å². The number of amides is 1. The highest BCUT2D eigenvalue weighted by molar-refractivity contribution is 9.10. The van der Waals surface area contributed by atoms with Crippen molar-refractivity contribution in [1.29, 1.82) is 0 Å². The molecule has 1 fully saturated rings. The summed E-state index contributed by atoms with van der Waals surface area (Å²) in [7, 11) is 0. The van der Waals surface area contributed by atoms with E-state index >= 15 is 0 Å². The first-order valence-corrected chi connectivity index (χ1v) is 5.78. The molecule has 17 heavy (non-hydrogen) atoms. The summed E-state index contributed by atoms with van der Waals surface area (Å²) in [6, 6.07) is 3.14. The van der Waals surface area contributed by atoms with Gasteiger partial charge in [0, 0.05) is 13.1 Å². The summed E-state index contributed by atoms with van der Waals surface area (Å²) in [6.07, 6.45) is 0.246. The average Bonchev–Trinajstić information content (AvgIpc) is 2.85. The molecule has 1 aromatic heterocycles. The molecule has 1 unspecified atom stereocenters. The van der Waals surface area contributed by atoms with Gasteiger partial charge in [-0.3, -0.25) is 9.59 Å². The highest BCUT2D eigenvalue weighted by Crippen LogP contribution is 2.22. The van der Waals surface area contributed by atoms with Crippen LogP contribution >= 0.6 is 15.9 Å². The molecular weight excluding hydrogens is 292 g/mol. The first-order chi connectivity index (χ1) is 7.92. The molecule has 1 atom stereocenters. The van der Waals surface area contributed by atoms with Crippen LogP contribution in [-0.2, 0) is 4.79 Å². The van der Waals surface area contributed by atoms with E-state index < -0.39 is 11.5 Å². The van der Waals surface area contributed by atoms with Gasteiger partial charge in [0.15, 0.2) is 10.4 Å². The molecule has 2 heterocycles. The average molecular weight is 303 g/mol. The number of hydrogen-bond acceptors (Lipinski definition) is 4. The Morgan fingerprint density at radius 1 is 1.53 bits per heavy atom. The van der Waals surface area contributed by atoms with Crippen LogP contribution in [0.5, 0.6) is 0 Å². The van der Waals surface area contributed by atoms with E-state index in [0.717, 1.165) is 0 Å². The van der Waals surface area contributed by atoms with E-state index in [-0.39, 0.29) is 24.6 Å². The van der Waals surface area contributed by atoms with Gasteiger partial charge in [-0.2, -0.15) is 0 Å². The van der Waals surface area contributed by atoms with Gasteiger partial charge in [0.2, 0.25) is 0 Å². The Morgan fingerprint density at radius 2 is 2.24 bits per heavy atom. The van der Waals surface area contributed by atoms with Gasteiger partial charge in [-0.15, -0.1) is 0 Å². The van der Waals surface area contributed by atoms with Crippen LogP contribution in [0.3, 0.4) is 0 Å². The van der Waals surface area contributed by atoms with Crippen molar-refractivity contribution in [3.63, 3.8) is 0 Å². The van der Waals surface area contributed by atoms with Crippen LogP contribution in [0.4, 0.5) is 0 Å². The molecular formula is C10H11BrN2O4. The van der Waals surface area contributed by atoms with E-state index in [4.69, 9.17) is 15.3 Å². The maximum Gasteiger partial charge on any atom is 0.325 e. The Hall–Kier alpha value is -1.34. The lowest BCUT2D eigenvalue weighted by Gasteiger charge is -2.19. The molecule has 0 saturated carbocycles. The van der Waals surface area contributed by atoms with Crippen LogP contribution in [0.2, 0.25) is 0 Å². The second kappa shape index (κ2) is 4.15. The van der Waals surface area contributed by atoms with Crippen molar-refractivity contribution in [3.05, 3.63) is 22.6 Å². The molecule has 1 aliphatic heterocycles. The lowest BCUT2D eigenvalue weighted by Crippen LogP contribution is -2.50. The normalized spacial score (nSPS) is 24.0. The Morgan fingerprint density at radius 3 is 2.71 bits per heavy atom. The highest BCUT2D eigenvalue weighted by Gasteiger charge is 2.43. The van der Waals surface area contributed by atoms with Gasteiger partial charge in [0.05, 0.1) is 0 Å². The number of furan rings is 1. The minimum Gasteiger partial charge on any atom is -0.480 e. The number of carbonyl (C=O) groups is 2. The van der Waals surface area contributed by atoms with E-state index in [1.807, 2.05) is 0 Å². The molecule has 6 nitrogen and oxygen atoms in total. The first-order valence-electron chi connectivity index (χ1n) is 4.99. The number of rotatable bonds is 2. The number of hydrogen-bond donors (Lipinski definition) is 2. The van der Waals surface area contributed by atoms with Crippen LogP contribution in [0.25, 0.3) is 0 Å². The van der Waals surface area contributed by atoms with Crippen LogP contribution < -0.4 is 5.73 Å². The summed E-state index contributed by atoms with van der Waals surface area (Å²) in [5, 5.41) is 8.95. The van der Waals surface area contributed by atoms with E-state index in [1.165, 1.54) is 11.0 Å². The number of nitrogens with zero attached hydrogens (tertiary/aromatic N) is 1. The topological polar surface area (TPSA) is 96.8 Å². The monoisotopic (exact) mass is 302 g/mol. The molecule has 3 N–H and O–H groups in total. The van der Waals surface area contributed by atoms with Gasteiger partial charge in [-0.1, -0.05) is 0 Å². The highest BCUT2D eigenvalue weighted by atomic mass is 79.9. The van der Waals surface area contributed by atoms with E-state index in [0.29, 0.717) is 11.2 Å². The maximum absolute atomic E-state index is 11.9. The predicted octanol–water partition coefficient (Wildman–Crippen LogP) is 0.670. The fourth-order valence-corrected chi connectivity index (χ4v) is 2.07. The van der Waals surface area contributed by atoms with Crippen molar-refractivity contribution in [1.82, 2.24) is 4.90 Å². The van der Waals surface area contributed by atoms with E-state index in [1.54, 1.807) is 6.07 Å². The van der Waals surface area contributed by atoms with Crippen molar-refractivity contribution in [3.8, 4) is 0 Å². The van der Waals surface area contributed by atoms with E-state index in [9.17, 15) is 9.59 Å². The summed E-state index contributed by atoms with van der Waals surface area (Å²) < 4.78 is 5.58. The van der Waals surface area contributed by atoms with Crippen molar-refractivity contribution in [2.45, 2.75) is 12.0 Å². The lowest BCUT2D eigenvalue weighted by molar-refractivity contribution is -0.142. The Kier molecular flexibility index (Phi) is 2.96. The molecule has 1 aromatic rings. The van der Waals surface area contributed by atoms with Crippen LogP contribution in [0.1, 0.15) is 17.0 Å². The summed E-state index contributed by atoms with van der Waals surface area (Å²) in [6.45, 7) is 0.319. The number of carbonyl (C=O) groups excluding carboxylic acids is 1. The summed E-state index contributed by atoms with van der Waals surface area (Å²) in [4.78, 5) is 24.3. The number of aliphatic carboxylic acids is 1. The smallest absolute Gasteiger partial charge is 0.325 e. The Bertz CT molecular complexity index is 473. The Labute approximate surface area is 105 Å². The largest absolute Gasteiger partial charge is 0.480 e. The second-order valence-corrected chi connectivity index (χ2v) is 4.82. The molecule has 1 amide bonds. The van der Waals surface area contributed by atoms with Gasteiger partial charge in [-0.05, 0) is 34.5 Å².